The van der Waals surface area contributed by atoms with E-state index < -0.39 is 12.0 Å². The van der Waals surface area contributed by atoms with Crippen molar-refractivity contribution in [2.24, 2.45) is 5.73 Å². The fraction of sp³-hybridized carbons (Fsp3) is 0.300. The molecular formula is C10H10F3N5. The number of nitrogen functional groups attached to an aromatic ring is 1. The van der Waals surface area contributed by atoms with E-state index in [1.807, 2.05) is 0 Å². The van der Waals surface area contributed by atoms with Gasteiger partial charge in [-0.2, -0.15) is 13.2 Å². The number of hydrogen-bond donors (Lipinski definition) is 2. The number of alkyl halides is 3. The van der Waals surface area contributed by atoms with Gasteiger partial charge in [0.15, 0.2) is 5.65 Å². The Bertz CT molecular complexity index is 641. The first kappa shape index (κ1) is 12.3. The zero-order valence-corrected chi connectivity index (χ0v) is 9.63. The molecule has 2 heterocycles. The average molecular weight is 257 g/mol. The van der Waals surface area contributed by atoms with E-state index in [2.05, 4.69) is 10.1 Å². The molecule has 0 atom stereocenters. The molecule has 0 fully saturated rings. The van der Waals surface area contributed by atoms with Crippen LogP contribution in [0.5, 0.6) is 0 Å². The molecule has 0 saturated heterocycles. The summed E-state index contributed by atoms with van der Waals surface area (Å²) in [5, 5.41) is 10.8. The molecule has 0 bridgehead atoms. The van der Waals surface area contributed by atoms with Gasteiger partial charge in [-0.25, -0.2) is 9.50 Å². The molecule has 18 heavy (non-hydrogen) atoms. The van der Waals surface area contributed by atoms with Gasteiger partial charge >= 0.3 is 6.18 Å². The van der Waals surface area contributed by atoms with E-state index >= 15 is 0 Å². The summed E-state index contributed by atoms with van der Waals surface area (Å²) in [6, 6.07) is 1.61. The summed E-state index contributed by atoms with van der Waals surface area (Å²) in [6.45, 7) is 3.27. The van der Waals surface area contributed by atoms with E-state index in [-0.39, 0.29) is 17.0 Å². The maximum Gasteiger partial charge on any atom is 0.453 e. The van der Waals surface area contributed by atoms with Crippen molar-refractivity contribution < 1.29 is 13.2 Å². The number of aromatic nitrogens is 3. The smallest absolute Gasteiger partial charge is 0.384 e. The molecule has 0 aliphatic carbocycles. The molecule has 0 aromatic carbocycles. The molecule has 8 heteroatoms. The van der Waals surface area contributed by atoms with Crippen molar-refractivity contribution in [1.29, 1.82) is 5.41 Å². The van der Waals surface area contributed by atoms with Crippen molar-refractivity contribution in [1.82, 2.24) is 14.6 Å². The lowest BCUT2D eigenvalue weighted by Gasteiger charge is -2.07. The third-order valence-corrected chi connectivity index (χ3v) is 2.51. The molecule has 2 aromatic rings. The zero-order chi connectivity index (χ0) is 13.7. The molecule has 2 rings (SSSR count). The Kier molecular flexibility index (Phi) is 2.53. The topological polar surface area (TPSA) is 80.1 Å². The molecule has 0 radical (unpaired) electrons. The van der Waals surface area contributed by atoms with E-state index in [0.717, 1.165) is 4.52 Å². The Morgan fingerprint density at radius 3 is 2.50 bits per heavy atom. The van der Waals surface area contributed by atoms with Crippen molar-refractivity contribution in [2.45, 2.75) is 20.0 Å². The van der Waals surface area contributed by atoms with Crippen LogP contribution in [0.1, 0.15) is 22.6 Å². The van der Waals surface area contributed by atoms with Crippen LogP contribution in [0, 0.1) is 19.3 Å². The number of nitrogens with two attached hydrogens (primary N) is 1. The average Bonchev–Trinajstić information content (AvgIpc) is 2.60. The summed E-state index contributed by atoms with van der Waals surface area (Å²) in [5.41, 5.74) is 6.58. The molecule has 2 aromatic heterocycles. The van der Waals surface area contributed by atoms with Crippen LogP contribution in [-0.2, 0) is 6.18 Å². The van der Waals surface area contributed by atoms with Gasteiger partial charge in [0.05, 0.1) is 5.56 Å². The molecule has 0 amide bonds. The molecule has 0 saturated carbocycles. The second-order valence-corrected chi connectivity index (χ2v) is 3.93. The second-order valence-electron chi connectivity index (χ2n) is 3.93. The number of aryl methyl sites for hydroxylation is 2. The summed E-state index contributed by atoms with van der Waals surface area (Å²) >= 11 is 0. The van der Waals surface area contributed by atoms with E-state index in [0.29, 0.717) is 11.3 Å². The van der Waals surface area contributed by atoms with Crippen LogP contribution in [0.25, 0.3) is 5.65 Å². The molecule has 0 spiro atoms. The lowest BCUT2D eigenvalue weighted by atomic mass is 10.1. The largest absolute Gasteiger partial charge is 0.453 e. The monoisotopic (exact) mass is 257 g/mol. The second kappa shape index (κ2) is 3.69. The van der Waals surface area contributed by atoms with Gasteiger partial charge in [0, 0.05) is 5.69 Å². The van der Waals surface area contributed by atoms with Crippen molar-refractivity contribution >= 4 is 11.5 Å². The van der Waals surface area contributed by atoms with Gasteiger partial charge in [0.1, 0.15) is 5.84 Å². The summed E-state index contributed by atoms with van der Waals surface area (Å²) in [6.07, 6.45) is -4.62. The number of halogens is 3. The van der Waals surface area contributed by atoms with Crippen LogP contribution >= 0.6 is 0 Å². The third-order valence-electron chi connectivity index (χ3n) is 2.51. The molecule has 96 valence electrons. The number of fused-ring (bicyclic) bond motifs is 1. The molecule has 0 unspecified atom stereocenters. The first-order valence-electron chi connectivity index (χ1n) is 5.00. The Balaban J connectivity index is 2.86. The molecule has 5 nitrogen and oxygen atoms in total. The van der Waals surface area contributed by atoms with Crippen LogP contribution in [-0.4, -0.2) is 20.4 Å². The zero-order valence-electron chi connectivity index (χ0n) is 9.63. The SMILES string of the molecule is Cc1cc(C)n2nc(C(F)(F)F)nc2c1C(=N)N. The minimum Gasteiger partial charge on any atom is -0.384 e. The lowest BCUT2D eigenvalue weighted by molar-refractivity contribution is -0.144. The number of nitrogens with zero attached hydrogens (tertiary/aromatic N) is 3. The van der Waals surface area contributed by atoms with Gasteiger partial charge in [0.2, 0.25) is 0 Å². The van der Waals surface area contributed by atoms with Crippen LogP contribution in [0.2, 0.25) is 0 Å². The highest BCUT2D eigenvalue weighted by molar-refractivity contribution is 6.01. The molecule has 0 aliphatic heterocycles. The Labute approximate surface area is 99.9 Å². The van der Waals surface area contributed by atoms with Crippen LogP contribution in [0.3, 0.4) is 0 Å². The van der Waals surface area contributed by atoms with E-state index in [1.165, 1.54) is 0 Å². The van der Waals surface area contributed by atoms with Crippen LogP contribution < -0.4 is 5.73 Å². The summed E-state index contributed by atoms with van der Waals surface area (Å²) in [5.74, 6) is -1.57. The molecule has 3 N–H and O–H groups in total. The number of hydrogen-bond acceptors (Lipinski definition) is 3. The Morgan fingerprint density at radius 2 is 2.00 bits per heavy atom. The van der Waals surface area contributed by atoms with Crippen molar-refractivity contribution in [2.75, 3.05) is 0 Å². The maximum absolute atomic E-state index is 12.6. The summed E-state index contributed by atoms with van der Waals surface area (Å²) in [4.78, 5) is 3.43. The third kappa shape index (κ3) is 1.79. The number of pyridine rings is 1. The highest BCUT2D eigenvalue weighted by atomic mass is 19.4. The molecular weight excluding hydrogens is 247 g/mol. The number of amidine groups is 1. The first-order valence-corrected chi connectivity index (χ1v) is 5.00. The van der Waals surface area contributed by atoms with Crippen LogP contribution in [0.4, 0.5) is 13.2 Å². The fourth-order valence-electron chi connectivity index (χ4n) is 1.80. The fourth-order valence-corrected chi connectivity index (χ4v) is 1.80. The highest BCUT2D eigenvalue weighted by Gasteiger charge is 2.37. The van der Waals surface area contributed by atoms with Crippen molar-refractivity contribution in [3.8, 4) is 0 Å². The normalized spacial score (nSPS) is 12.1. The number of nitrogens with one attached hydrogen (secondary N) is 1. The Morgan fingerprint density at radius 1 is 1.39 bits per heavy atom. The van der Waals surface area contributed by atoms with Crippen LogP contribution in [0.15, 0.2) is 6.07 Å². The van der Waals surface area contributed by atoms with Crippen molar-refractivity contribution in [3.63, 3.8) is 0 Å². The van der Waals surface area contributed by atoms with Gasteiger partial charge < -0.3 is 5.73 Å². The summed E-state index contributed by atoms with van der Waals surface area (Å²) < 4.78 is 38.8. The van der Waals surface area contributed by atoms with Gasteiger partial charge in [-0.05, 0) is 25.5 Å². The van der Waals surface area contributed by atoms with Crippen molar-refractivity contribution in [3.05, 3.63) is 28.7 Å². The van der Waals surface area contributed by atoms with E-state index in [9.17, 15) is 13.2 Å². The van der Waals surface area contributed by atoms with E-state index in [4.69, 9.17) is 11.1 Å². The van der Waals surface area contributed by atoms with E-state index in [1.54, 1.807) is 19.9 Å². The van der Waals surface area contributed by atoms with Gasteiger partial charge in [-0.3, -0.25) is 5.41 Å². The predicted octanol–water partition coefficient (Wildman–Crippen LogP) is 1.65. The number of rotatable bonds is 1. The predicted molar refractivity (Wildman–Crippen MR) is 58.5 cm³/mol. The Hall–Kier alpha value is -2.12. The molecule has 0 aliphatic rings. The first-order chi connectivity index (χ1) is 8.21. The minimum absolute atomic E-state index is 0.0488. The summed E-state index contributed by atoms with van der Waals surface area (Å²) in [7, 11) is 0. The van der Waals surface area contributed by atoms with Gasteiger partial charge in [0.25, 0.3) is 5.82 Å². The highest BCUT2D eigenvalue weighted by Crippen LogP contribution is 2.28. The van der Waals surface area contributed by atoms with Gasteiger partial charge in [-0.15, -0.1) is 5.10 Å². The minimum atomic E-state index is -4.62. The standard InChI is InChI=1S/C10H10F3N5/c1-4-3-5(2)18-8(6(4)7(14)15)16-9(17-18)10(11,12)13/h3H,1-2H3,(H3,14,15). The maximum atomic E-state index is 12.6. The quantitative estimate of drug-likeness (QED) is 0.602. The van der Waals surface area contributed by atoms with Gasteiger partial charge in [-0.1, -0.05) is 0 Å². The lowest BCUT2D eigenvalue weighted by Crippen LogP contribution is -2.15.